The second kappa shape index (κ2) is 9.11. The molecule has 7 nitrogen and oxygen atoms in total. The average Bonchev–Trinajstić information content (AvgIpc) is 2.64. The van der Waals surface area contributed by atoms with Gasteiger partial charge in [0.05, 0.1) is 31.3 Å². The van der Waals surface area contributed by atoms with Crippen molar-refractivity contribution in [1.82, 2.24) is 10.2 Å². The van der Waals surface area contributed by atoms with Gasteiger partial charge >= 0.3 is 0 Å². The van der Waals surface area contributed by atoms with Crippen molar-refractivity contribution >= 4 is 17.5 Å². The zero-order valence-corrected chi connectivity index (χ0v) is 15.4. The minimum atomic E-state index is -0.176. The number of ether oxygens (including phenoxy) is 2. The van der Waals surface area contributed by atoms with Gasteiger partial charge in [-0.1, -0.05) is 5.92 Å². The van der Waals surface area contributed by atoms with Gasteiger partial charge < -0.3 is 24.6 Å². The number of carbonyl (C=O) groups excluding carboxylic acids is 2. The van der Waals surface area contributed by atoms with Crippen molar-refractivity contribution in [2.75, 3.05) is 52.4 Å². The summed E-state index contributed by atoms with van der Waals surface area (Å²) in [5.41, 5.74) is 1.32. The number of methoxy groups -OCH3 is 1. The molecular weight excluding hydrogens is 334 g/mol. The Hall–Kier alpha value is -2.72. The number of carbonyl (C=O) groups is 2. The molecule has 0 aliphatic carbocycles. The number of fused-ring (bicyclic) bond motifs is 1. The van der Waals surface area contributed by atoms with Crippen LogP contribution >= 0.6 is 0 Å². The minimum Gasteiger partial charge on any atom is -0.489 e. The molecule has 26 heavy (non-hydrogen) atoms. The van der Waals surface area contributed by atoms with E-state index in [9.17, 15) is 9.59 Å². The predicted molar refractivity (Wildman–Crippen MR) is 99.4 cm³/mol. The molecule has 0 saturated heterocycles. The van der Waals surface area contributed by atoms with E-state index >= 15 is 0 Å². The molecule has 0 spiro atoms. The van der Waals surface area contributed by atoms with Gasteiger partial charge in [-0.3, -0.25) is 9.59 Å². The van der Waals surface area contributed by atoms with E-state index in [0.29, 0.717) is 37.5 Å². The molecule has 0 aromatic heterocycles. The van der Waals surface area contributed by atoms with Crippen molar-refractivity contribution in [2.24, 2.45) is 0 Å². The van der Waals surface area contributed by atoms with Gasteiger partial charge in [0.1, 0.15) is 12.4 Å². The molecule has 1 aromatic carbocycles. The molecule has 1 atom stereocenters. The van der Waals surface area contributed by atoms with Gasteiger partial charge in [-0.15, -0.1) is 6.42 Å². The van der Waals surface area contributed by atoms with Gasteiger partial charge in [0.25, 0.3) is 5.91 Å². The fourth-order valence-electron chi connectivity index (χ4n) is 2.70. The molecule has 0 unspecified atom stereocenters. The standard InChI is InChI=1S/C19H25N3O4/c1-5-9-21(2)18(23)12-15-13-26-17-7-6-14(11-16(17)22(15)3)19(24)20-8-10-25-4/h1,6-7,11,15H,8-10,12-13H2,2-4H3,(H,20,24)/t15-/m0/s1. The van der Waals surface area contributed by atoms with Crippen LogP contribution in [0.25, 0.3) is 0 Å². The van der Waals surface area contributed by atoms with Crippen LogP contribution in [-0.4, -0.2) is 70.3 Å². The molecule has 1 heterocycles. The predicted octanol–water partition coefficient (Wildman–Crippen LogP) is 0.742. The lowest BCUT2D eigenvalue weighted by molar-refractivity contribution is -0.129. The van der Waals surface area contributed by atoms with E-state index in [1.54, 1.807) is 32.4 Å². The average molecular weight is 359 g/mol. The molecular formula is C19H25N3O4. The van der Waals surface area contributed by atoms with E-state index < -0.39 is 0 Å². The molecule has 2 amide bonds. The van der Waals surface area contributed by atoms with Gasteiger partial charge in [-0.2, -0.15) is 0 Å². The highest BCUT2D eigenvalue weighted by atomic mass is 16.5. The number of amides is 2. The summed E-state index contributed by atoms with van der Waals surface area (Å²) in [6, 6.07) is 5.15. The maximum atomic E-state index is 12.3. The zero-order valence-electron chi connectivity index (χ0n) is 15.4. The van der Waals surface area contributed by atoms with Gasteiger partial charge in [0.2, 0.25) is 5.91 Å². The molecule has 0 fully saturated rings. The Morgan fingerprint density at radius 3 is 2.96 bits per heavy atom. The summed E-state index contributed by atoms with van der Waals surface area (Å²) < 4.78 is 10.7. The quantitative estimate of drug-likeness (QED) is 0.574. The van der Waals surface area contributed by atoms with E-state index in [2.05, 4.69) is 11.2 Å². The fraction of sp³-hybridized carbons (Fsp3) is 0.474. The summed E-state index contributed by atoms with van der Waals surface area (Å²) in [5.74, 6) is 2.94. The number of hydrogen-bond acceptors (Lipinski definition) is 5. The Kier molecular flexibility index (Phi) is 6.87. The van der Waals surface area contributed by atoms with E-state index in [-0.39, 0.29) is 24.4 Å². The van der Waals surface area contributed by atoms with E-state index in [1.807, 2.05) is 11.9 Å². The number of anilines is 1. The largest absolute Gasteiger partial charge is 0.489 e. The lowest BCUT2D eigenvalue weighted by atomic mass is 10.1. The number of nitrogens with one attached hydrogen (secondary N) is 1. The molecule has 0 saturated carbocycles. The normalized spacial score (nSPS) is 15.5. The third-order valence-corrected chi connectivity index (χ3v) is 4.34. The van der Waals surface area contributed by atoms with E-state index in [1.165, 1.54) is 4.90 Å². The van der Waals surface area contributed by atoms with Crippen LogP contribution in [0.3, 0.4) is 0 Å². The van der Waals surface area contributed by atoms with Gasteiger partial charge in [0.15, 0.2) is 0 Å². The van der Waals surface area contributed by atoms with Crippen LogP contribution in [0.1, 0.15) is 16.8 Å². The minimum absolute atomic E-state index is 0.0414. The van der Waals surface area contributed by atoms with Crippen molar-refractivity contribution in [1.29, 1.82) is 0 Å². The third-order valence-electron chi connectivity index (χ3n) is 4.34. The van der Waals surface area contributed by atoms with E-state index in [4.69, 9.17) is 15.9 Å². The molecule has 1 aliphatic heterocycles. The molecule has 1 aromatic rings. The third kappa shape index (κ3) is 4.67. The maximum Gasteiger partial charge on any atom is 0.251 e. The fourth-order valence-corrected chi connectivity index (χ4v) is 2.70. The van der Waals surface area contributed by atoms with Crippen LogP contribution < -0.4 is 15.0 Å². The highest BCUT2D eigenvalue weighted by Crippen LogP contribution is 2.34. The molecule has 7 heteroatoms. The molecule has 0 radical (unpaired) electrons. The Labute approximate surface area is 154 Å². The lowest BCUT2D eigenvalue weighted by Gasteiger charge is -2.36. The summed E-state index contributed by atoms with van der Waals surface area (Å²) >= 11 is 0. The Balaban J connectivity index is 2.09. The highest BCUT2D eigenvalue weighted by molar-refractivity contribution is 5.95. The summed E-state index contributed by atoms with van der Waals surface area (Å²) in [5, 5.41) is 2.79. The number of benzene rings is 1. The van der Waals surface area contributed by atoms with Crippen LogP contribution in [0.2, 0.25) is 0 Å². The lowest BCUT2D eigenvalue weighted by Crippen LogP contribution is -2.44. The van der Waals surface area contributed by atoms with Crippen LogP contribution in [-0.2, 0) is 9.53 Å². The summed E-state index contributed by atoms with van der Waals surface area (Å²) in [7, 11) is 5.16. The SMILES string of the molecule is C#CCN(C)C(=O)C[C@H]1COc2ccc(C(=O)NCCOC)cc2N1C. The van der Waals surface area contributed by atoms with Crippen LogP contribution in [0.5, 0.6) is 5.75 Å². The summed E-state index contributed by atoms with van der Waals surface area (Å²) in [6.45, 7) is 1.57. The van der Waals surface area contributed by atoms with Crippen LogP contribution in [0, 0.1) is 12.3 Å². The zero-order chi connectivity index (χ0) is 19.1. The number of terminal acetylenes is 1. The number of hydrogen-bond donors (Lipinski definition) is 1. The van der Waals surface area contributed by atoms with Crippen molar-refractivity contribution < 1.29 is 19.1 Å². The van der Waals surface area contributed by atoms with Crippen molar-refractivity contribution in [3.63, 3.8) is 0 Å². The molecule has 140 valence electrons. The van der Waals surface area contributed by atoms with Gasteiger partial charge in [-0.25, -0.2) is 0 Å². The first kappa shape index (κ1) is 19.6. The summed E-state index contributed by atoms with van der Waals surface area (Å²) in [6.07, 6.45) is 5.54. The first-order chi connectivity index (χ1) is 12.5. The second-order valence-corrected chi connectivity index (χ2v) is 6.16. The van der Waals surface area contributed by atoms with Crippen LogP contribution in [0.15, 0.2) is 18.2 Å². The smallest absolute Gasteiger partial charge is 0.251 e. The van der Waals surface area contributed by atoms with Gasteiger partial charge in [0, 0.05) is 33.3 Å². The first-order valence-electron chi connectivity index (χ1n) is 8.42. The van der Waals surface area contributed by atoms with Crippen LogP contribution in [0.4, 0.5) is 5.69 Å². The molecule has 2 rings (SSSR count). The summed E-state index contributed by atoms with van der Waals surface area (Å²) in [4.78, 5) is 28.0. The highest BCUT2D eigenvalue weighted by Gasteiger charge is 2.28. The van der Waals surface area contributed by atoms with Gasteiger partial charge in [-0.05, 0) is 18.2 Å². The number of likely N-dealkylation sites (N-methyl/N-ethyl adjacent to an activating group) is 1. The Morgan fingerprint density at radius 1 is 1.50 bits per heavy atom. The molecule has 1 aliphatic rings. The number of rotatable bonds is 7. The maximum absolute atomic E-state index is 12.3. The van der Waals surface area contributed by atoms with Crippen molar-refractivity contribution in [3.05, 3.63) is 23.8 Å². The topological polar surface area (TPSA) is 71.1 Å². The number of nitrogens with zero attached hydrogens (tertiary/aromatic N) is 2. The Bertz CT molecular complexity index is 699. The van der Waals surface area contributed by atoms with Crippen molar-refractivity contribution in [2.45, 2.75) is 12.5 Å². The first-order valence-corrected chi connectivity index (χ1v) is 8.42. The monoisotopic (exact) mass is 359 g/mol. The van der Waals surface area contributed by atoms with E-state index in [0.717, 1.165) is 5.69 Å². The Morgan fingerprint density at radius 2 is 2.27 bits per heavy atom. The molecule has 1 N–H and O–H groups in total. The van der Waals surface area contributed by atoms with Crippen molar-refractivity contribution in [3.8, 4) is 18.1 Å². The molecule has 0 bridgehead atoms. The second-order valence-electron chi connectivity index (χ2n) is 6.16.